The molecule has 0 unspecified atom stereocenters. The first kappa shape index (κ1) is 19.0. The molecule has 2 rings (SSSR count). The van der Waals surface area contributed by atoms with Gasteiger partial charge in [-0.3, -0.25) is 4.79 Å². The van der Waals surface area contributed by atoms with E-state index in [1.54, 1.807) is 54.1 Å². The van der Waals surface area contributed by atoms with Gasteiger partial charge in [0.05, 0.1) is 25.6 Å². The second kappa shape index (κ2) is 9.22. The van der Waals surface area contributed by atoms with Gasteiger partial charge in [-0.15, -0.1) is 0 Å². The van der Waals surface area contributed by atoms with Crippen molar-refractivity contribution in [2.75, 3.05) is 13.7 Å². The molecule has 136 valence electrons. The molecule has 0 aromatic carbocycles. The van der Waals surface area contributed by atoms with Gasteiger partial charge in [0, 0.05) is 17.5 Å². The molecule has 0 bridgehead atoms. The van der Waals surface area contributed by atoms with Crippen molar-refractivity contribution in [3.05, 3.63) is 66.2 Å². The summed E-state index contributed by atoms with van der Waals surface area (Å²) in [4.78, 5) is 28.6. The molecule has 0 radical (unpaired) electrons. The molecule has 7 heteroatoms. The van der Waals surface area contributed by atoms with Gasteiger partial charge in [-0.25, -0.2) is 4.79 Å². The number of hydrogen-bond donors (Lipinski definition) is 0. The van der Waals surface area contributed by atoms with Gasteiger partial charge in [-0.05, 0) is 37.3 Å². The molecule has 0 aliphatic carbocycles. The van der Waals surface area contributed by atoms with Crippen LogP contribution in [0.15, 0.2) is 65.7 Å². The summed E-state index contributed by atoms with van der Waals surface area (Å²) >= 11 is 0. The van der Waals surface area contributed by atoms with Crippen LogP contribution >= 0.6 is 0 Å². The second-order valence-corrected chi connectivity index (χ2v) is 5.13. The Morgan fingerprint density at radius 3 is 2.96 bits per heavy atom. The summed E-state index contributed by atoms with van der Waals surface area (Å²) in [6.45, 7) is 5.83. The minimum atomic E-state index is -0.577. The Bertz CT molecular complexity index is 812. The highest BCUT2D eigenvalue weighted by molar-refractivity contribution is 6.32. The topological polar surface area (TPSA) is 79.1 Å². The molecule has 0 atom stereocenters. The van der Waals surface area contributed by atoms with Crippen molar-refractivity contribution in [1.29, 1.82) is 0 Å². The fraction of sp³-hybridized carbons (Fsp3) is 0.211. The van der Waals surface area contributed by atoms with E-state index in [4.69, 9.17) is 14.3 Å². The highest BCUT2D eigenvalue weighted by Crippen LogP contribution is 2.21. The van der Waals surface area contributed by atoms with Gasteiger partial charge >= 0.3 is 11.9 Å². The van der Waals surface area contributed by atoms with Crippen LogP contribution in [-0.4, -0.2) is 35.9 Å². The van der Waals surface area contributed by atoms with Gasteiger partial charge < -0.3 is 18.9 Å². The zero-order chi connectivity index (χ0) is 18.9. The van der Waals surface area contributed by atoms with Crippen molar-refractivity contribution in [2.45, 2.75) is 13.5 Å². The Morgan fingerprint density at radius 1 is 1.46 bits per heavy atom. The molecule has 0 spiro atoms. The molecule has 0 fully saturated rings. The van der Waals surface area contributed by atoms with Gasteiger partial charge in [-0.2, -0.15) is 0 Å². The van der Waals surface area contributed by atoms with Crippen molar-refractivity contribution in [1.82, 2.24) is 4.57 Å². The Morgan fingerprint density at radius 2 is 2.27 bits per heavy atom. The number of ether oxygens (including phenoxy) is 2. The monoisotopic (exact) mass is 356 g/mol. The Balaban J connectivity index is 2.32. The van der Waals surface area contributed by atoms with Crippen LogP contribution in [-0.2, 0) is 30.4 Å². The second-order valence-electron chi connectivity index (χ2n) is 5.13. The number of oxime groups is 1. The van der Waals surface area contributed by atoms with Crippen LogP contribution < -0.4 is 0 Å². The molecular weight excluding hydrogens is 336 g/mol. The van der Waals surface area contributed by atoms with E-state index in [1.807, 2.05) is 0 Å². The zero-order valence-corrected chi connectivity index (χ0v) is 14.7. The lowest BCUT2D eigenvalue weighted by molar-refractivity contribution is -0.143. The van der Waals surface area contributed by atoms with Crippen molar-refractivity contribution in [2.24, 2.45) is 5.16 Å². The lowest BCUT2D eigenvalue weighted by atomic mass is 10.0. The molecule has 0 amide bonds. The molecule has 1 aliphatic heterocycles. The summed E-state index contributed by atoms with van der Waals surface area (Å²) in [5, 5.41) is 3.83. The van der Waals surface area contributed by atoms with Gasteiger partial charge in [-0.1, -0.05) is 17.8 Å². The summed E-state index contributed by atoms with van der Waals surface area (Å²) < 4.78 is 11.5. The van der Waals surface area contributed by atoms with E-state index in [2.05, 4.69) is 11.7 Å². The van der Waals surface area contributed by atoms with Crippen LogP contribution in [0.1, 0.15) is 12.6 Å². The van der Waals surface area contributed by atoms with Crippen molar-refractivity contribution >= 4 is 23.7 Å². The number of hydrogen-bond acceptors (Lipinski definition) is 6. The third kappa shape index (κ3) is 4.60. The van der Waals surface area contributed by atoms with E-state index >= 15 is 0 Å². The summed E-state index contributed by atoms with van der Waals surface area (Å²) in [7, 11) is 1.53. The highest BCUT2D eigenvalue weighted by Gasteiger charge is 2.27. The summed E-state index contributed by atoms with van der Waals surface area (Å²) in [5.74, 6) is -0.935. The first-order valence-corrected chi connectivity index (χ1v) is 7.95. The van der Waals surface area contributed by atoms with Gasteiger partial charge in [0.2, 0.25) is 0 Å². The van der Waals surface area contributed by atoms with E-state index in [9.17, 15) is 9.59 Å². The average Bonchev–Trinajstić information content (AvgIpc) is 3.20. The minimum absolute atomic E-state index is 0.0439. The van der Waals surface area contributed by atoms with Gasteiger partial charge in [0.25, 0.3) is 0 Å². The lowest BCUT2D eigenvalue weighted by Crippen LogP contribution is -2.14. The van der Waals surface area contributed by atoms with Gasteiger partial charge in [0.1, 0.15) is 12.3 Å². The number of carbonyl (C=O) groups is 2. The minimum Gasteiger partial charge on any atom is -0.504 e. The van der Waals surface area contributed by atoms with E-state index in [0.29, 0.717) is 23.6 Å². The number of methoxy groups -OCH3 is 1. The number of nitrogens with zero attached hydrogens (tertiary/aromatic N) is 2. The van der Waals surface area contributed by atoms with Crippen LogP contribution in [0.25, 0.3) is 6.08 Å². The predicted octanol–water partition coefficient (Wildman–Crippen LogP) is 2.62. The molecule has 0 saturated heterocycles. The number of aromatic nitrogens is 1. The lowest BCUT2D eigenvalue weighted by Gasteiger charge is -2.07. The van der Waals surface area contributed by atoms with Crippen LogP contribution in [0.2, 0.25) is 0 Å². The number of allylic oxidation sites excluding steroid dienone is 4. The summed E-state index contributed by atoms with van der Waals surface area (Å²) in [6.07, 6.45) is 9.74. The zero-order valence-electron chi connectivity index (χ0n) is 14.7. The van der Waals surface area contributed by atoms with Crippen LogP contribution in [0.4, 0.5) is 0 Å². The third-order valence-corrected chi connectivity index (χ3v) is 3.44. The van der Waals surface area contributed by atoms with Gasteiger partial charge in [0.15, 0.2) is 0 Å². The molecule has 26 heavy (non-hydrogen) atoms. The van der Waals surface area contributed by atoms with E-state index < -0.39 is 5.97 Å². The molecule has 1 aliphatic rings. The number of rotatable bonds is 8. The van der Waals surface area contributed by atoms with Crippen LogP contribution in [0, 0.1) is 0 Å². The fourth-order valence-electron chi connectivity index (χ4n) is 2.28. The summed E-state index contributed by atoms with van der Waals surface area (Å²) in [6, 6.07) is 3.55. The Kier molecular flexibility index (Phi) is 6.73. The van der Waals surface area contributed by atoms with Crippen LogP contribution in [0.3, 0.4) is 0 Å². The normalized spacial score (nSPS) is 15.9. The highest BCUT2D eigenvalue weighted by atomic mass is 16.7. The predicted molar refractivity (Wildman–Crippen MR) is 97.0 cm³/mol. The number of esters is 1. The van der Waals surface area contributed by atoms with E-state index in [-0.39, 0.29) is 18.1 Å². The quantitative estimate of drug-likeness (QED) is 0.235. The van der Waals surface area contributed by atoms with Crippen molar-refractivity contribution < 1.29 is 23.9 Å². The molecule has 7 nitrogen and oxygen atoms in total. The molecule has 0 saturated carbocycles. The maximum atomic E-state index is 12.1. The van der Waals surface area contributed by atoms with Crippen molar-refractivity contribution in [3.63, 3.8) is 0 Å². The SMILES string of the molecule is C=C/C(=C\C=C\OC)C1=NOC(=O)/C1=C\c1cccn1CC(=O)OCC. The molecule has 1 aromatic heterocycles. The number of carbonyl (C=O) groups excluding carboxylic acids is 2. The van der Waals surface area contributed by atoms with E-state index in [0.717, 1.165) is 0 Å². The molecular formula is C19H20N2O5. The Hall–Kier alpha value is -3.35. The average molecular weight is 356 g/mol. The van der Waals surface area contributed by atoms with Crippen molar-refractivity contribution in [3.8, 4) is 0 Å². The van der Waals surface area contributed by atoms with Crippen LogP contribution in [0.5, 0.6) is 0 Å². The maximum Gasteiger partial charge on any atom is 0.368 e. The largest absolute Gasteiger partial charge is 0.504 e. The first-order chi connectivity index (χ1) is 12.6. The Labute approximate surface area is 151 Å². The fourth-order valence-corrected chi connectivity index (χ4v) is 2.28. The smallest absolute Gasteiger partial charge is 0.368 e. The standard InChI is InChI=1S/C19H20N2O5/c1-4-14(8-7-11-24-3)18-16(19(23)26-20-18)12-15-9-6-10-21(15)13-17(22)25-5-2/h4,6-12H,1,5,13H2,2-3H3/b11-7+,14-8+,16-12-. The summed E-state index contributed by atoms with van der Waals surface area (Å²) in [5.41, 5.74) is 1.87. The molecule has 0 N–H and O–H groups in total. The molecule has 2 heterocycles. The maximum absolute atomic E-state index is 12.1. The van der Waals surface area contributed by atoms with E-state index in [1.165, 1.54) is 13.4 Å². The molecule has 1 aromatic rings. The third-order valence-electron chi connectivity index (χ3n) is 3.44. The first-order valence-electron chi connectivity index (χ1n) is 7.95.